The van der Waals surface area contributed by atoms with Gasteiger partial charge in [0.1, 0.15) is 11.6 Å². The van der Waals surface area contributed by atoms with Crippen molar-refractivity contribution in [2.75, 3.05) is 24.1 Å². The van der Waals surface area contributed by atoms with Gasteiger partial charge >= 0.3 is 0 Å². The Labute approximate surface area is 134 Å². The third-order valence-electron chi connectivity index (χ3n) is 3.78. The van der Waals surface area contributed by atoms with E-state index in [9.17, 15) is 14.9 Å². The lowest BCUT2D eigenvalue weighted by atomic mass is 9.96. The number of nitrogens with one attached hydrogen (secondary N) is 1. The van der Waals surface area contributed by atoms with Crippen LogP contribution in [0, 0.1) is 17.2 Å². The quantitative estimate of drug-likeness (QED) is 0.431. The molecule has 2 amide bonds. The van der Waals surface area contributed by atoms with Crippen LogP contribution < -0.4 is 16.8 Å². The lowest BCUT2D eigenvalue weighted by Crippen LogP contribution is -2.36. The van der Waals surface area contributed by atoms with Crippen molar-refractivity contribution in [1.82, 2.24) is 4.90 Å². The summed E-state index contributed by atoms with van der Waals surface area (Å²) in [5, 5.41) is 11.8. The van der Waals surface area contributed by atoms with E-state index in [2.05, 4.69) is 5.32 Å². The number of benzene rings is 1. The van der Waals surface area contributed by atoms with Crippen molar-refractivity contribution in [3.8, 4) is 6.07 Å². The van der Waals surface area contributed by atoms with Gasteiger partial charge in [-0.05, 0) is 37.1 Å². The Morgan fingerprint density at radius 1 is 1.26 bits per heavy atom. The molecule has 7 nitrogen and oxygen atoms in total. The third-order valence-corrected chi connectivity index (χ3v) is 3.78. The summed E-state index contributed by atoms with van der Waals surface area (Å²) in [4.78, 5) is 25.1. The lowest BCUT2D eigenvalue weighted by molar-refractivity contribution is -0.123. The third kappa shape index (κ3) is 4.48. The Bertz CT molecular complexity index is 652. The lowest BCUT2D eigenvalue weighted by Gasteiger charge is -2.29. The summed E-state index contributed by atoms with van der Waals surface area (Å²) in [6.07, 6.45) is 2.79. The number of nitrogens with two attached hydrogens (primary N) is 2. The summed E-state index contributed by atoms with van der Waals surface area (Å²) in [6.45, 7) is 1.18. The molecule has 0 atom stereocenters. The minimum absolute atomic E-state index is 0.0133. The molecule has 0 bridgehead atoms. The van der Waals surface area contributed by atoms with Gasteiger partial charge in [0.25, 0.3) is 5.91 Å². The fraction of sp³-hybridized carbons (Fsp3) is 0.312. The van der Waals surface area contributed by atoms with Gasteiger partial charge in [0.2, 0.25) is 5.91 Å². The van der Waals surface area contributed by atoms with Gasteiger partial charge in [-0.15, -0.1) is 0 Å². The van der Waals surface area contributed by atoms with Gasteiger partial charge < -0.3 is 21.7 Å². The maximum atomic E-state index is 12.1. The van der Waals surface area contributed by atoms with Crippen LogP contribution in [0.4, 0.5) is 11.4 Å². The molecule has 0 aromatic heterocycles. The number of carbonyl (C=O) groups is 2. The van der Waals surface area contributed by atoms with E-state index in [0.717, 1.165) is 0 Å². The fourth-order valence-electron chi connectivity index (χ4n) is 2.40. The van der Waals surface area contributed by atoms with E-state index in [4.69, 9.17) is 11.5 Å². The number of hydrogen-bond donors (Lipinski definition) is 3. The van der Waals surface area contributed by atoms with Crippen molar-refractivity contribution >= 4 is 23.2 Å². The monoisotopic (exact) mass is 313 g/mol. The highest BCUT2D eigenvalue weighted by molar-refractivity contribution is 6.06. The number of carbonyl (C=O) groups excluding carboxylic acids is 2. The van der Waals surface area contributed by atoms with Crippen molar-refractivity contribution < 1.29 is 9.59 Å². The van der Waals surface area contributed by atoms with Crippen LogP contribution in [0.3, 0.4) is 0 Å². The zero-order valence-electron chi connectivity index (χ0n) is 12.7. The average molecular weight is 313 g/mol. The summed E-state index contributed by atoms with van der Waals surface area (Å²) < 4.78 is 0. The Balaban J connectivity index is 1.99. The predicted molar refractivity (Wildman–Crippen MR) is 86.7 cm³/mol. The Hall–Kier alpha value is -3.01. The summed E-state index contributed by atoms with van der Waals surface area (Å²) >= 11 is 0. The van der Waals surface area contributed by atoms with Crippen LogP contribution in [0.25, 0.3) is 0 Å². The molecule has 1 saturated heterocycles. The number of rotatable bonds is 4. The first-order valence-electron chi connectivity index (χ1n) is 7.32. The average Bonchev–Trinajstić information content (AvgIpc) is 2.55. The molecule has 0 radical (unpaired) electrons. The largest absolute Gasteiger partial charge is 0.399 e. The molecule has 1 fully saturated rings. The molecule has 7 heteroatoms. The number of hydrogen-bond acceptors (Lipinski definition) is 5. The molecule has 1 aromatic carbocycles. The number of amides is 2. The van der Waals surface area contributed by atoms with E-state index in [-0.39, 0.29) is 17.4 Å². The van der Waals surface area contributed by atoms with Crippen LogP contribution in [0.5, 0.6) is 0 Å². The molecule has 1 heterocycles. The molecule has 2 rings (SSSR count). The van der Waals surface area contributed by atoms with Crippen LogP contribution in [0.1, 0.15) is 12.8 Å². The second kappa shape index (κ2) is 7.31. The number of piperidine rings is 1. The molecule has 1 aliphatic rings. The van der Waals surface area contributed by atoms with Crippen molar-refractivity contribution in [3.63, 3.8) is 0 Å². The van der Waals surface area contributed by atoms with Crippen LogP contribution in [0.15, 0.2) is 36.0 Å². The Kier molecular flexibility index (Phi) is 5.20. The summed E-state index contributed by atoms with van der Waals surface area (Å²) in [7, 11) is 0. The van der Waals surface area contributed by atoms with Crippen molar-refractivity contribution in [3.05, 3.63) is 36.0 Å². The molecule has 1 aromatic rings. The molecule has 0 unspecified atom stereocenters. The maximum Gasteiger partial charge on any atom is 0.267 e. The van der Waals surface area contributed by atoms with E-state index >= 15 is 0 Å². The van der Waals surface area contributed by atoms with E-state index in [0.29, 0.717) is 37.3 Å². The maximum absolute atomic E-state index is 12.1. The van der Waals surface area contributed by atoms with Gasteiger partial charge in [0.05, 0.1) is 0 Å². The van der Waals surface area contributed by atoms with Gasteiger partial charge in [-0.1, -0.05) is 0 Å². The Morgan fingerprint density at radius 2 is 1.87 bits per heavy atom. The number of primary amides is 1. The predicted octanol–water partition coefficient (Wildman–Crippen LogP) is 0.812. The minimum atomic E-state index is -0.478. The van der Waals surface area contributed by atoms with Gasteiger partial charge in [0, 0.05) is 36.6 Å². The summed E-state index contributed by atoms with van der Waals surface area (Å²) in [5.41, 5.74) is 12.0. The van der Waals surface area contributed by atoms with Crippen molar-refractivity contribution in [1.29, 1.82) is 5.26 Å². The minimum Gasteiger partial charge on any atom is -0.399 e. The fourth-order valence-corrected chi connectivity index (χ4v) is 2.40. The van der Waals surface area contributed by atoms with Gasteiger partial charge in [0.15, 0.2) is 0 Å². The van der Waals surface area contributed by atoms with E-state index < -0.39 is 5.91 Å². The summed E-state index contributed by atoms with van der Waals surface area (Å²) in [5.74, 6) is -0.904. The molecule has 0 aliphatic carbocycles. The van der Waals surface area contributed by atoms with Gasteiger partial charge in [-0.25, -0.2) is 0 Å². The van der Waals surface area contributed by atoms with Crippen LogP contribution in [-0.4, -0.2) is 29.8 Å². The second-order valence-corrected chi connectivity index (χ2v) is 5.44. The van der Waals surface area contributed by atoms with Crippen LogP contribution in [-0.2, 0) is 9.59 Å². The zero-order valence-corrected chi connectivity index (χ0v) is 12.7. The highest BCUT2D eigenvalue weighted by atomic mass is 16.2. The summed E-state index contributed by atoms with van der Waals surface area (Å²) in [6, 6.07) is 8.57. The highest BCUT2D eigenvalue weighted by Gasteiger charge is 2.22. The standard InChI is InChI=1S/C16H19N5O2/c17-9-12(10-21-7-5-11(6-8-21)15(19)22)16(23)20-14-3-1-13(18)2-4-14/h1-4,10-11H,5-8,18H2,(H2,19,22)(H,20,23)/b12-10-. The SMILES string of the molecule is N#C/C(=C/N1CCC(C(N)=O)CC1)C(=O)Nc1ccc(N)cc1. The van der Waals surface area contributed by atoms with Crippen LogP contribution in [0.2, 0.25) is 0 Å². The first-order chi connectivity index (χ1) is 11.0. The number of nitriles is 1. The number of anilines is 2. The second-order valence-electron chi connectivity index (χ2n) is 5.44. The van der Waals surface area contributed by atoms with Crippen LogP contribution >= 0.6 is 0 Å². The molecule has 23 heavy (non-hydrogen) atoms. The Morgan fingerprint density at radius 3 is 2.39 bits per heavy atom. The van der Waals surface area contributed by atoms with E-state index in [1.165, 1.54) is 6.20 Å². The molecule has 5 N–H and O–H groups in total. The topological polar surface area (TPSA) is 125 Å². The molecular weight excluding hydrogens is 294 g/mol. The van der Waals surface area contributed by atoms with Crippen molar-refractivity contribution in [2.45, 2.75) is 12.8 Å². The molecule has 0 saturated carbocycles. The van der Waals surface area contributed by atoms with E-state index in [1.54, 1.807) is 24.3 Å². The smallest absolute Gasteiger partial charge is 0.267 e. The number of nitrogen functional groups attached to an aromatic ring is 1. The number of nitrogens with zero attached hydrogens (tertiary/aromatic N) is 2. The van der Waals surface area contributed by atoms with Gasteiger partial charge in [-0.2, -0.15) is 5.26 Å². The molecular formula is C16H19N5O2. The zero-order chi connectivity index (χ0) is 16.8. The van der Waals surface area contributed by atoms with E-state index in [1.807, 2.05) is 11.0 Å². The molecule has 120 valence electrons. The van der Waals surface area contributed by atoms with Gasteiger partial charge in [-0.3, -0.25) is 9.59 Å². The normalized spacial score (nSPS) is 15.8. The molecule has 0 spiro atoms. The first-order valence-corrected chi connectivity index (χ1v) is 7.32. The van der Waals surface area contributed by atoms with Crippen molar-refractivity contribution in [2.24, 2.45) is 11.7 Å². The molecule has 1 aliphatic heterocycles. The number of likely N-dealkylation sites (tertiary alicyclic amines) is 1. The first kappa shape index (κ1) is 16.4. The highest BCUT2D eigenvalue weighted by Crippen LogP contribution is 2.18.